The zero-order valence-corrected chi connectivity index (χ0v) is 17.2. The molecule has 1 aliphatic heterocycles. The number of aromatic nitrogens is 1. The lowest BCUT2D eigenvalue weighted by Gasteiger charge is -2.18. The second kappa shape index (κ2) is 7.52. The number of fused-ring (bicyclic) bond motifs is 2. The zero-order valence-electron chi connectivity index (χ0n) is 16.4. The van der Waals surface area contributed by atoms with Crippen LogP contribution in [-0.2, 0) is 6.18 Å². The number of carbonyl (C=O) groups is 1. The number of hydrogen-bond donors (Lipinski definition) is 1. The minimum atomic E-state index is -4.67. The third-order valence-electron chi connectivity index (χ3n) is 5.08. The van der Waals surface area contributed by atoms with Crippen LogP contribution < -0.4 is 15.2 Å². The van der Waals surface area contributed by atoms with Crippen LogP contribution in [0.1, 0.15) is 20.8 Å². The van der Waals surface area contributed by atoms with Gasteiger partial charge in [0.2, 0.25) is 5.78 Å². The average Bonchev–Trinajstić information content (AvgIpc) is 3.14. The Kier molecular flexibility index (Phi) is 4.78. The van der Waals surface area contributed by atoms with Gasteiger partial charge in [0.05, 0.1) is 16.9 Å². The molecule has 162 valence electrons. The number of halogens is 3. The van der Waals surface area contributed by atoms with Crippen molar-refractivity contribution in [3.63, 3.8) is 0 Å². The van der Waals surface area contributed by atoms with E-state index in [2.05, 4.69) is 4.98 Å². The SMILES string of the molecule is Nc1c(C(=O)c2ccc3c(c2)OCCO3)sc2nc(-c3ccccc3)cc(C(F)(F)F)c12. The van der Waals surface area contributed by atoms with Gasteiger partial charge in [-0.2, -0.15) is 13.2 Å². The van der Waals surface area contributed by atoms with Crippen LogP contribution in [0.5, 0.6) is 11.5 Å². The molecule has 0 aliphatic carbocycles. The highest BCUT2D eigenvalue weighted by molar-refractivity contribution is 7.21. The third kappa shape index (κ3) is 3.44. The minimum absolute atomic E-state index is 0.000102. The highest BCUT2D eigenvalue weighted by atomic mass is 32.1. The van der Waals surface area contributed by atoms with Crippen molar-refractivity contribution < 1.29 is 27.4 Å². The maximum absolute atomic E-state index is 13.9. The summed E-state index contributed by atoms with van der Waals surface area (Å²) in [7, 11) is 0. The molecule has 9 heteroatoms. The summed E-state index contributed by atoms with van der Waals surface area (Å²) >= 11 is 0.846. The summed E-state index contributed by atoms with van der Waals surface area (Å²) in [5.41, 5.74) is 5.87. The van der Waals surface area contributed by atoms with Gasteiger partial charge in [0.25, 0.3) is 0 Å². The Balaban J connectivity index is 1.66. The standard InChI is InChI=1S/C23H15F3N2O3S/c24-23(25,26)14-11-15(12-4-2-1-3-5-12)28-22-18(14)19(27)21(32-22)20(29)13-6-7-16-17(10-13)31-9-8-30-16/h1-7,10-11H,8-9,27H2. The number of hydrogen-bond acceptors (Lipinski definition) is 6. The molecule has 0 saturated carbocycles. The molecule has 5 nitrogen and oxygen atoms in total. The largest absolute Gasteiger partial charge is 0.486 e. The topological polar surface area (TPSA) is 74.4 Å². The Labute approximate surface area is 184 Å². The number of alkyl halides is 3. The molecule has 0 fully saturated rings. The lowest BCUT2D eigenvalue weighted by Crippen LogP contribution is -2.16. The van der Waals surface area contributed by atoms with Crippen LogP contribution in [0.15, 0.2) is 54.6 Å². The van der Waals surface area contributed by atoms with Crippen LogP contribution in [0.25, 0.3) is 21.5 Å². The highest BCUT2D eigenvalue weighted by Crippen LogP contribution is 2.44. The summed E-state index contributed by atoms with van der Waals surface area (Å²) in [6, 6.07) is 14.2. The van der Waals surface area contributed by atoms with Gasteiger partial charge in [-0.05, 0) is 24.3 Å². The molecule has 3 heterocycles. The summed E-state index contributed by atoms with van der Waals surface area (Å²) in [4.78, 5) is 17.6. The summed E-state index contributed by atoms with van der Waals surface area (Å²) in [5.74, 6) is 0.407. The van der Waals surface area contributed by atoms with Crippen LogP contribution in [0, 0.1) is 0 Å². The van der Waals surface area contributed by atoms with Gasteiger partial charge in [-0.1, -0.05) is 30.3 Å². The highest BCUT2D eigenvalue weighted by Gasteiger charge is 2.36. The Morgan fingerprint density at radius 3 is 2.44 bits per heavy atom. The third-order valence-corrected chi connectivity index (χ3v) is 6.18. The molecule has 5 rings (SSSR count). The van der Waals surface area contributed by atoms with Crippen molar-refractivity contribution in [1.82, 2.24) is 4.98 Å². The summed E-state index contributed by atoms with van der Waals surface area (Å²) < 4.78 is 52.7. The van der Waals surface area contributed by atoms with E-state index in [4.69, 9.17) is 15.2 Å². The Morgan fingerprint density at radius 1 is 1.00 bits per heavy atom. The predicted molar refractivity (Wildman–Crippen MR) is 115 cm³/mol. The van der Waals surface area contributed by atoms with E-state index in [1.54, 1.807) is 36.4 Å². The maximum Gasteiger partial charge on any atom is 0.417 e. The summed E-state index contributed by atoms with van der Waals surface area (Å²) in [6.07, 6.45) is -4.67. The van der Waals surface area contributed by atoms with Crippen molar-refractivity contribution in [1.29, 1.82) is 0 Å². The van der Waals surface area contributed by atoms with Gasteiger partial charge in [0.15, 0.2) is 11.5 Å². The Bertz CT molecular complexity index is 1350. The van der Waals surface area contributed by atoms with E-state index in [1.807, 2.05) is 0 Å². The van der Waals surface area contributed by atoms with E-state index >= 15 is 0 Å². The number of nitrogen functional groups attached to an aromatic ring is 1. The van der Waals surface area contributed by atoms with Crippen molar-refractivity contribution >= 4 is 33.0 Å². The molecule has 1 aliphatic rings. The quantitative estimate of drug-likeness (QED) is 0.408. The van der Waals surface area contributed by atoms with Gasteiger partial charge in [-0.3, -0.25) is 4.79 Å². The van der Waals surface area contributed by atoms with Crippen molar-refractivity contribution in [2.45, 2.75) is 6.18 Å². The fraction of sp³-hybridized carbons (Fsp3) is 0.130. The zero-order chi connectivity index (χ0) is 22.5. The first kappa shape index (κ1) is 20.3. The van der Waals surface area contributed by atoms with Crippen LogP contribution in [0.2, 0.25) is 0 Å². The molecular weight excluding hydrogens is 441 g/mol. The van der Waals surface area contributed by atoms with E-state index in [-0.39, 0.29) is 32.0 Å². The molecule has 2 N–H and O–H groups in total. The smallest absolute Gasteiger partial charge is 0.417 e. The molecule has 4 aromatic rings. The predicted octanol–water partition coefficient (Wildman–Crippen LogP) is 5.57. The number of ether oxygens (including phenoxy) is 2. The van der Waals surface area contributed by atoms with E-state index in [9.17, 15) is 18.0 Å². The second-order valence-electron chi connectivity index (χ2n) is 7.13. The lowest BCUT2D eigenvalue weighted by atomic mass is 10.0. The van der Waals surface area contributed by atoms with Crippen molar-refractivity contribution in [3.8, 4) is 22.8 Å². The number of nitrogens with two attached hydrogens (primary N) is 1. The van der Waals surface area contributed by atoms with Gasteiger partial charge < -0.3 is 15.2 Å². The number of thiophene rings is 1. The summed E-state index contributed by atoms with van der Waals surface area (Å²) in [5, 5.41) is -0.261. The fourth-order valence-electron chi connectivity index (χ4n) is 3.59. The number of benzene rings is 2. The average molecular weight is 456 g/mol. The Hall–Kier alpha value is -3.59. The van der Waals surface area contributed by atoms with E-state index < -0.39 is 17.5 Å². The molecule has 2 aromatic carbocycles. The fourth-order valence-corrected chi connectivity index (χ4v) is 4.67. The first-order chi connectivity index (χ1) is 15.3. The van der Waals surface area contributed by atoms with Crippen LogP contribution in [0.4, 0.5) is 18.9 Å². The van der Waals surface area contributed by atoms with Crippen molar-refractivity contribution in [2.75, 3.05) is 18.9 Å². The number of pyridine rings is 1. The minimum Gasteiger partial charge on any atom is -0.486 e. The van der Waals surface area contributed by atoms with Gasteiger partial charge in [-0.25, -0.2) is 4.98 Å². The molecule has 0 unspecified atom stereocenters. The molecule has 0 atom stereocenters. The molecular formula is C23H15F3N2O3S. The van der Waals surface area contributed by atoms with Crippen molar-refractivity contribution in [2.24, 2.45) is 0 Å². The van der Waals surface area contributed by atoms with Crippen LogP contribution in [-0.4, -0.2) is 24.0 Å². The lowest BCUT2D eigenvalue weighted by molar-refractivity contribution is -0.136. The number of anilines is 1. The second-order valence-corrected chi connectivity index (χ2v) is 8.13. The van der Waals surface area contributed by atoms with Gasteiger partial charge >= 0.3 is 6.18 Å². The van der Waals surface area contributed by atoms with Crippen molar-refractivity contribution in [3.05, 3.63) is 70.6 Å². The molecule has 0 bridgehead atoms. The number of carbonyl (C=O) groups excluding carboxylic acids is 1. The van der Waals surface area contributed by atoms with E-state index in [0.717, 1.165) is 17.4 Å². The van der Waals surface area contributed by atoms with Gasteiger partial charge in [-0.15, -0.1) is 11.3 Å². The molecule has 0 saturated heterocycles. The molecule has 0 amide bonds. The summed E-state index contributed by atoms with van der Waals surface area (Å²) in [6.45, 7) is 0.746. The Morgan fingerprint density at radius 2 is 1.72 bits per heavy atom. The van der Waals surface area contributed by atoms with E-state index in [0.29, 0.717) is 30.3 Å². The first-order valence-electron chi connectivity index (χ1n) is 9.63. The number of nitrogens with zero attached hydrogens (tertiary/aromatic N) is 1. The van der Waals surface area contributed by atoms with Gasteiger partial charge in [0, 0.05) is 16.5 Å². The van der Waals surface area contributed by atoms with Gasteiger partial charge in [0.1, 0.15) is 22.9 Å². The van der Waals surface area contributed by atoms with E-state index in [1.165, 1.54) is 12.1 Å². The number of ketones is 1. The first-order valence-corrected chi connectivity index (χ1v) is 10.4. The number of rotatable bonds is 3. The molecule has 0 radical (unpaired) electrons. The van der Waals surface area contributed by atoms with Crippen LogP contribution in [0.3, 0.4) is 0 Å². The van der Waals surface area contributed by atoms with Crippen LogP contribution >= 0.6 is 11.3 Å². The molecule has 32 heavy (non-hydrogen) atoms. The maximum atomic E-state index is 13.9. The molecule has 2 aromatic heterocycles. The normalized spacial score (nSPS) is 13.3. The molecule has 0 spiro atoms. The monoisotopic (exact) mass is 456 g/mol.